The first-order valence-electron chi connectivity index (χ1n) is 3.39. The van der Waals surface area contributed by atoms with E-state index in [4.69, 9.17) is 0 Å². The number of hydrogen-bond donors (Lipinski definition) is 0. The standard InChI is InChI=1S/C8H15O/c1-6(2)5-8(9)7(3)4/h6-7H,1,5H2,2-4H3. The van der Waals surface area contributed by atoms with E-state index < -0.39 is 0 Å². The topological polar surface area (TPSA) is 17.1 Å². The van der Waals surface area contributed by atoms with Gasteiger partial charge in [-0.3, -0.25) is 4.79 Å². The van der Waals surface area contributed by atoms with Gasteiger partial charge in [-0.15, -0.1) is 0 Å². The van der Waals surface area contributed by atoms with Gasteiger partial charge in [-0.05, 0) is 5.92 Å². The van der Waals surface area contributed by atoms with E-state index in [0.717, 1.165) is 0 Å². The Morgan fingerprint density at radius 1 is 1.44 bits per heavy atom. The summed E-state index contributed by atoms with van der Waals surface area (Å²) in [5.41, 5.74) is 0. The molecule has 1 atom stereocenters. The first kappa shape index (κ1) is 8.67. The minimum absolute atomic E-state index is 0.175. The summed E-state index contributed by atoms with van der Waals surface area (Å²) in [4.78, 5) is 10.9. The maximum Gasteiger partial charge on any atom is 0.135 e. The Balaban J connectivity index is 3.51. The molecule has 0 aromatic heterocycles. The van der Waals surface area contributed by atoms with E-state index >= 15 is 0 Å². The van der Waals surface area contributed by atoms with Gasteiger partial charge in [0.2, 0.25) is 0 Å². The van der Waals surface area contributed by atoms with Crippen LogP contribution in [0, 0.1) is 18.8 Å². The number of rotatable bonds is 3. The number of carbonyl (C=O) groups excluding carboxylic acids is 1. The molecule has 0 aromatic carbocycles. The molecule has 0 spiro atoms. The van der Waals surface area contributed by atoms with E-state index in [1.54, 1.807) is 0 Å². The van der Waals surface area contributed by atoms with Crippen molar-refractivity contribution in [3.8, 4) is 0 Å². The molecular formula is C8H15O. The van der Waals surface area contributed by atoms with Crippen LogP contribution in [0.15, 0.2) is 0 Å². The first-order valence-corrected chi connectivity index (χ1v) is 3.39. The van der Waals surface area contributed by atoms with Gasteiger partial charge in [0.1, 0.15) is 5.78 Å². The van der Waals surface area contributed by atoms with Gasteiger partial charge in [-0.1, -0.05) is 27.7 Å². The summed E-state index contributed by atoms with van der Waals surface area (Å²) in [6, 6.07) is 0. The molecule has 0 heterocycles. The third-order valence-electron chi connectivity index (χ3n) is 1.19. The van der Waals surface area contributed by atoms with Crippen molar-refractivity contribution in [1.82, 2.24) is 0 Å². The van der Waals surface area contributed by atoms with Crippen LogP contribution < -0.4 is 0 Å². The Hall–Kier alpha value is -0.330. The van der Waals surface area contributed by atoms with Crippen LogP contribution in [-0.4, -0.2) is 5.78 Å². The van der Waals surface area contributed by atoms with E-state index in [-0.39, 0.29) is 11.8 Å². The van der Waals surface area contributed by atoms with Gasteiger partial charge in [0.05, 0.1) is 0 Å². The van der Waals surface area contributed by atoms with Crippen LogP contribution in [0.3, 0.4) is 0 Å². The highest BCUT2D eigenvalue weighted by Crippen LogP contribution is 2.05. The zero-order valence-electron chi connectivity index (χ0n) is 6.48. The summed E-state index contributed by atoms with van der Waals surface area (Å²) >= 11 is 0. The zero-order chi connectivity index (χ0) is 7.44. The maximum absolute atomic E-state index is 10.9. The predicted octanol–water partition coefficient (Wildman–Crippen LogP) is 2.07. The molecule has 9 heavy (non-hydrogen) atoms. The van der Waals surface area contributed by atoms with Gasteiger partial charge < -0.3 is 0 Å². The van der Waals surface area contributed by atoms with Gasteiger partial charge in [0.15, 0.2) is 0 Å². The average Bonchev–Trinajstić information content (AvgIpc) is 1.63. The fourth-order valence-electron chi connectivity index (χ4n) is 0.579. The Morgan fingerprint density at radius 3 is 2.00 bits per heavy atom. The summed E-state index contributed by atoms with van der Waals surface area (Å²) in [7, 11) is 0. The largest absolute Gasteiger partial charge is 0.299 e. The smallest absolute Gasteiger partial charge is 0.135 e. The van der Waals surface area contributed by atoms with Crippen molar-refractivity contribution in [2.24, 2.45) is 11.8 Å². The summed E-state index contributed by atoms with van der Waals surface area (Å²) in [6.45, 7) is 9.54. The molecule has 1 heteroatoms. The first-order chi connectivity index (χ1) is 4.04. The van der Waals surface area contributed by atoms with Gasteiger partial charge in [-0.25, -0.2) is 0 Å². The van der Waals surface area contributed by atoms with Crippen molar-refractivity contribution in [1.29, 1.82) is 0 Å². The van der Waals surface area contributed by atoms with Gasteiger partial charge in [0.25, 0.3) is 0 Å². The molecule has 0 bridgehead atoms. The van der Waals surface area contributed by atoms with Gasteiger partial charge >= 0.3 is 0 Å². The molecule has 1 unspecified atom stereocenters. The monoisotopic (exact) mass is 127 g/mol. The van der Waals surface area contributed by atoms with Crippen molar-refractivity contribution in [3.05, 3.63) is 6.92 Å². The highest BCUT2D eigenvalue weighted by atomic mass is 16.1. The second-order valence-electron chi connectivity index (χ2n) is 2.93. The molecule has 0 amide bonds. The van der Waals surface area contributed by atoms with Crippen LogP contribution in [0.1, 0.15) is 27.2 Å². The van der Waals surface area contributed by atoms with E-state index in [1.165, 1.54) is 0 Å². The third-order valence-corrected chi connectivity index (χ3v) is 1.19. The highest BCUT2D eigenvalue weighted by molar-refractivity contribution is 5.80. The Labute approximate surface area is 57.5 Å². The molecule has 0 aliphatic rings. The lowest BCUT2D eigenvalue weighted by Gasteiger charge is -2.04. The summed E-state index contributed by atoms with van der Waals surface area (Å²) in [5, 5.41) is 0. The van der Waals surface area contributed by atoms with Crippen LogP contribution in [0.5, 0.6) is 0 Å². The molecule has 0 aliphatic carbocycles. The number of hydrogen-bond acceptors (Lipinski definition) is 1. The van der Waals surface area contributed by atoms with Crippen LogP contribution >= 0.6 is 0 Å². The van der Waals surface area contributed by atoms with Crippen LogP contribution in [0.2, 0.25) is 0 Å². The zero-order valence-corrected chi connectivity index (χ0v) is 6.48. The summed E-state index contributed by atoms with van der Waals surface area (Å²) in [6.07, 6.45) is 0.623. The van der Waals surface area contributed by atoms with E-state index in [0.29, 0.717) is 12.2 Å². The molecule has 0 aromatic rings. The number of Topliss-reactive ketones (excluding diaryl/α,β-unsaturated/α-hetero) is 1. The SMILES string of the molecule is [CH2]C(C)CC(=O)C(C)C. The van der Waals surface area contributed by atoms with Crippen LogP contribution in [0.25, 0.3) is 0 Å². The van der Waals surface area contributed by atoms with Crippen molar-refractivity contribution in [2.45, 2.75) is 27.2 Å². The fourth-order valence-corrected chi connectivity index (χ4v) is 0.579. The average molecular weight is 127 g/mol. The highest BCUT2D eigenvalue weighted by Gasteiger charge is 2.07. The van der Waals surface area contributed by atoms with E-state index in [1.807, 2.05) is 20.8 Å². The quantitative estimate of drug-likeness (QED) is 0.567. The second kappa shape index (κ2) is 3.65. The van der Waals surface area contributed by atoms with Crippen LogP contribution in [0.4, 0.5) is 0 Å². The number of carbonyl (C=O) groups is 1. The summed E-state index contributed by atoms with van der Waals surface area (Å²) in [5.74, 6) is 0.756. The predicted molar refractivity (Wildman–Crippen MR) is 39.0 cm³/mol. The molecule has 0 fully saturated rings. The molecule has 1 nitrogen and oxygen atoms in total. The lowest BCUT2D eigenvalue weighted by Crippen LogP contribution is -2.09. The lowest BCUT2D eigenvalue weighted by atomic mass is 9.99. The molecule has 0 aliphatic heterocycles. The van der Waals surface area contributed by atoms with Crippen molar-refractivity contribution in [2.75, 3.05) is 0 Å². The Bertz CT molecular complexity index is 92.7. The third kappa shape index (κ3) is 4.19. The second-order valence-corrected chi connectivity index (χ2v) is 2.93. The van der Waals surface area contributed by atoms with Gasteiger partial charge in [0, 0.05) is 12.3 Å². The molecule has 0 N–H and O–H groups in total. The summed E-state index contributed by atoms with van der Waals surface area (Å²) < 4.78 is 0. The fraction of sp³-hybridized carbons (Fsp3) is 0.750. The molecule has 1 radical (unpaired) electrons. The Morgan fingerprint density at radius 2 is 1.89 bits per heavy atom. The maximum atomic E-state index is 10.9. The molecular weight excluding hydrogens is 112 g/mol. The van der Waals surface area contributed by atoms with Crippen molar-refractivity contribution in [3.63, 3.8) is 0 Å². The van der Waals surface area contributed by atoms with Crippen LogP contribution in [-0.2, 0) is 4.79 Å². The number of ketones is 1. The molecule has 0 rings (SSSR count). The molecule has 0 saturated carbocycles. The normalized spacial score (nSPS) is 10.9. The molecule has 53 valence electrons. The van der Waals surface area contributed by atoms with Gasteiger partial charge in [-0.2, -0.15) is 0 Å². The van der Waals surface area contributed by atoms with E-state index in [2.05, 4.69) is 6.92 Å². The van der Waals surface area contributed by atoms with Crippen molar-refractivity contribution < 1.29 is 4.79 Å². The Kier molecular flexibility index (Phi) is 3.52. The van der Waals surface area contributed by atoms with E-state index in [9.17, 15) is 4.79 Å². The molecule has 0 saturated heterocycles. The minimum atomic E-state index is 0.175. The van der Waals surface area contributed by atoms with Crippen molar-refractivity contribution >= 4 is 5.78 Å². The minimum Gasteiger partial charge on any atom is -0.299 e. The lowest BCUT2D eigenvalue weighted by molar-refractivity contribution is -0.122.